The first-order valence-corrected chi connectivity index (χ1v) is 12.2. The molecule has 1 aromatic heterocycles. The molecule has 0 N–H and O–H groups in total. The predicted octanol–water partition coefficient (Wildman–Crippen LogP) is 6.95. The molecule has 0 saturated heterocycles. The molecule has 0 bridgehead atoms. The zero-order chi connectivity index (χ0) is 24.5. The van der Waals surface area contributed by atoms with Gasteiger partial charge in [0, 0.05) is 16.0 Å². The minimum absolute atomic E-state index is 0.0248. The van der Waals surface area contributed by atoms with Crippen molar-refractivity contribution >= 4 is 32.3 Å². The minimum atomic E-state index is -4.56. The largest absolute Gasteiger partial charge is 0.457 e. The Morgan fingerprint density at radius 3 is 2.47 bits per heavy atom. The van der Waals surface area contributed by atoms with Gasteiger partial charge in [0.15, 0.2) is 9.84 Å². The number of benzene rings is 3. The van der Waals surface area contributed by atoms with Crippen LogP contribution >= 0.6 is 11.6 Å². The summed E-state index contributed by atoms with van der Waals surface area (Å²) in [5, 5.41) is 0.440. The van der Waals surface area contributed by atoms with Gasteiger partial charge in [-0.05, 0) is 42.8 Å². The number of sulfone groups is 1. The average Bonchev–Trinajstić information content (AvgIpc) is 2.77. The number of aromatic nitrogens is 2. The summed E-state index contributed by atoms with van der Waals surface area (Å²) in [6.45, 7) is 1.76. The Morgan fingerprint density at radius 1 is 0.971 bits per heavy atom. The van der Waals surface area contributed by atoms with Crippen molar-refractivity contribution in [2.75, 3.05) is 5.75 Å². The lowest BCUT2D eigenvalue weighted by atomic mass is 10.0. The molecule has 0 unspecified atom stereocenters. The fourth-order valence-electron chi connectivity index (χ4n) is 3.55. The van der Waals surface area contributed by atoms with Crippen molar-refractivity contribution in [3.05, 3.63) is 77.6 Å². The Balaban J connectivity index is 1.74. The maximum atomic E-state index is 13.4. The van der Waals surface area contributed by atoms with E-state index < -0.39 is 21.6 Å². The molecule has 10 heteroatoms. The van der Waals surface area contributed by atoms with Gasteiger partial charge < -0.3 is 4.74 Å². The lowest BCUT2D eigenvalue weighted by Crippen LogP contribution is -2.07. The molecule has 0 saturated carbocycles. The van der Waals surface area contributed by atoms with E-state index in [0.717, 1.165) is 12.4 Å². The lowest BCUT2D eigenvalue weighted by molar-refractivity contribution is -0.136. The first-order chi connectivity index (χ1) is 16.1. The second-order valence-electron chi connectivity index (χ2n) is 7.49. The maximum Gasteiger partial charge on any atom is 0.418 e. The van der Waals surface area contributed by atoms with Gasteiger partial charge in [-0.2, -0.15) is 13.2 Å². The molecule has 4 aromatic rings. The van der Waals surface area contributed by atoms with Crippen LogP contribution in [0.2, 0.25) is 5.02 Å². The van der Waals surface area contributed by atoms with Gasteiger partial charge in [0.2, 0.25) is 0 Å². The summed E-state index contributed by atoms with van der Waals surface area (Å²) in [5.41, 5.74) is -0.239. The van der Waals surface area contributed by atoms with Gasteiger partial charge in [-0.15, -0.1) is 0 Å². The van der Waals surface area contributed by atoms with Crippen molar-refractivity contribution in [3.8, 4) is 22.8 Å². The van der Waals surface area contributed by atoms with Gasteiger partial charge in [-0.1, -0.05) is 42.8 Å². The monoisotopic (exact) mass is 506 g/mol. The molecule has 0 amide bonds. The smallest absolute Gasteiger partial charge is 0.418 e. The summed E-state index contributed by atoms with van der Waals surface area (Å²) in [5.74, 6) is 0.520. The van der Waals surface area contributed by atoms with Crippen LogP contribution in [0.1, 0.15) is 18.9 Å². The van der Waals surface area contributed by atoms with Crippen LogP contribution in [0.4, 0.5) is 13.2 Å². The fraction of sp³-hybridized carbons (Fsp3) is 0.167. The summed E-state index contributed by atoms with van der Waals surface area (Å²) in [6, 6.07) is 14.6. The third-order valence-corrected chi connectivity index (χ3v) is 7.11. The Bertz CT molecular complexity index is 1470. The van der Waals surface area contributed by atoms with E-state index in [4.69, 9.17) is 16.3 Å². The molecule has 0 aliphatic carbocycles. The van der Waals surface area contributed by atoms with Crippen molar-refractivity contribution in [2.45, 2.75) is 24.4 Å². The SMILES string of the molecule is CCCS(=O)(=O)c1cc(Cl)cc(Oc2cccc(-c3ncnc4c(C(F)(F)F)cccc34)c2)c1. The van der Waals surface area contributed by atoms with E-state index in [-0.39, 0.29) is 32.3 Å². The van der Waals surface area contributed by atoms with E-state index in [2.05, 4.69) is 9.97 Å². The fourth-order valence-corrected chi connectivity index (χ4v) is 5.22. The summed E-state index contributed by atoms with van der Waals surface area (Å²) in [6.07, 6.45) is -3.02. The lowest BCUT2D eigenvalue weighted by Gasteiger charge is -2.13. The van der Waals surface area contributed by atoms with Gasteiger partial charge in [-0.25, -0.2) is 18.4 Å². The first kappa shape index (κ1) is 24.0. The Morgan fingerprint density at radius 2 is 1.74 bits per heavy atom. The van der Waals surface area contributed by atoms with E-state index in [9.17, 15) is 21.6 Å². The Labute approximate surface area is 199 Å². The van der Waals surface area contributed by atoms with Crippen LogP contribution in [0, 0.1) is 0 Å². The van der Waals surface area contributed by atoms with Crippen molar-refractivity contribution in [1.82, 2.24) is 9.97 Å². The highest BCUT2D eigenvalue weighted by molar-refractivity contribution is 7.91. The molecule has 1 heterocycles. The van der Waals surface area contributed by atoms with Crippen LogP contribution < -0.4 is 4.74 Å². The summed E-state index contributed by atoms with van der Waals surface area (Å²) in [4.78, 5) is 8.09. The van der Waals surface area contributed by atoms with Crippen LogP contribution in [-0.2, 0) is 16.0 Å². The molecule has 0 atom stereocenters. The summed E-state index contributed by atoms with van der Waals surface area (Å²) < 4.78 is 71.0. The number of hydrogen-bond acceptors (Lipinski definition) is 5. The molecule has 4 rings (SSSR count). The zero-order valence-corrected chi connectivity index (χ0v) is 19.4. The molecular weight excluding hydrogens is 489 g/mol. The van der Waals surface area contributed by atoms with Crippen LogP contribution in [0.25, 0.3) is 22.2 Å². The number of rotatable bonds is 6. The molecule has 176 valence electrons. The van der Waals surface area contributed by atoms with Gasteiger partial charge in [0.25, 0.3) is 0 Å². The number of alkyl halides is 3. The Kier molecular flexibility index (Phi) is 6.51. The van der Waals surface area contributed by atoms with E-state index >= 15 is 0 Å². The topological polar surface area (TPSA) is 69.2 Å². The number of para-hydroxylation sites is 1. The summed E-state index contributed by atoms with van der Waals surface area (Å²) in [7, 11) is -3.51. The minimum Gasteiger partial charge on any atom is -0.457 e. The quantitative estimate of drug-likeness (QED) is 0.283. The molecule has 5 nitrogen and oxygen atoms in total. The zero-order valence-electron chi connectivity index (χ0n) is 17.8. The van der Waals surface area contributed by atoms with E-state index in [1.54, 1.807) is 31.2 Å². The predicted molar refractivity (Wildman–Crippen MR) is 124 cm³/mol. The van der Waals surface area contributed by atoms with Crippen LogP contribution in [0.5, 0.6) is 11.5 Å². The highest BCUT2D eigenvalue weighted by Crippen LogP contribution is 2.37. The van der Waals surface area contributed by atoms with Crippen LogP contribution in [-0.4, -0.2) is 24.1 Å². The number of ether oxygens (including phenoxy) is 1. The number of halogens is 4. The standard InChI is InChI=1S/C24H18ClF3N2O3S/c1-2-9-34(31,32)19-12-16(25)11-18(13-19)33-17-6-3-5-15(10-17)22-20-7-4-8-21(24(26,27)28)23(20)30-14-29-22/h3-8,10-14H,2,9H2,1H3. The normalized spacial score (nSPS) is 12.1. The molecule has 0 aliphatic rings. The second kappa shape index (κ2) is 9.23. The third kappa shape index (κ3) is 5.00. The van der Waals surface area contributed by atoms with Crippen molar-refractivity contribution in [1.29, 1.82) is 0 Å². The molecule has 0 spiro atoms. The second-order valence-corrected chi connectivity index (χ2v) is 10.0. The van der Waals surface area contributed by atoms with Gasteiger partial charge in [0.05, 0.1) is 27.4 Å². The highest BCUT2D eigenvalue weighted by atomic mass is 35.5. The average molecular weight is 507 g/mol. The van der Waals surface area contributed by atoms with Gasteiger partial charge >= 0.3 is 6.18 Å². The highest BCUT2D eigenvalue weighted by Gasteiger charge is 2.33. The number of nitrogens with zero attached hydrogens (tertiary/aromatic N) is 2. The number of fused-ring (bicyclic) bond motifs is 1. The third-order valence-electron chi connectivity index (χ3n) is 4.99. The van der Waals surface area contributed by atoms with Crippen LogP contribution in [0.15, 0.2) is 71.9 Å². The molecule has 34 heavy (non-hydrogen) atoms. The van der Waals surface area contributed by atoms with Crippen molar-refractivity contribution < 1.29 is 26.3 Å². The number of hydrogen-bond donors (Lipinski definition) is 0. The molecule has 3 aromatic carbocycles. The molecule has 0 aliphatic heterocycles. The van der Waals surface area contributed by atoms with Gasteiger partial charge in [-0.3, -0.25) is 0 Å². The first-order valence-electron chi connectivity index (χ1n) is 10.2. The molecule has 0 fully saturated rings. The van der Waals surface area contributed by atoms with Crippen LogP contribution in [0.3, 0.4) is 0 Å². The van der Waals surface area contributed by atoms with E-state index in [0.29, 0.717) is 23.4 Å². The van der Waals surface area contributed by atoms with E-state index in [1.165, 1.54) is 30.3 Å². The molecular formula is C24H18ClF3N2O3S. The molecule has 0 radical (unpaired) electrons. The van der Waals surface area contributed by atoms with Crippen molar-refractivity contribution in [3.63, 3.8) is 0 Å². The van der Waals surface area contributed by atoms with Crippen molar-refractivity contribution in [2.24, 2.45) is 0 Å². The maximum absolute atomic E-state index is 13.4. The summed E-state index contributed by atoms with van der Waals surface area (Å²) >= 11 is 6.11. The van der Waals surface area contributed by atoms with Gasteiger partial charge in [0.1, 0.15) is 17.8 Å². The van der Waals surface area contributed by atoms with E-state index in [1.807, 2.05) is 0 Å². The Hall–Kier alpha value is -3.17.